The highest BCUT2D eigenvalue weighted by atomic mass is 79.9. The van der Waals surface area contributed by atoms with E-state index in [0.29, 0.717) is 5.17 Å². The minimum absolute atomic E-state index is 0.0716. The smallest absolute Gasteiger partial charge is 0.250 e. The first-order valence-electron chi connectivity index (χ1n) is 7.31. The molecule has 2 heterocycles. The minimum atomic E-state index is -3.04. The summed E-state index contributed by atoms with van der Waals surface area (Å²) in [5.74, 6) is -0.125. The quantitative estimate of drug-likeness (QED) is 0.741. The Morgan fingerprint density at radius 1 is 1.39 bits per heavy atom. The van der Waals surface area contributed by atoms with Crippen LogP contribution in [0.15, 0.2) is 33.7 Å². The van der Waals surface area contributed by atoms with Crippen LogP contribution in [-0.2, 0) is 14.6 Å². The van der Waals surface area contributed by atoms with E-state index in [1.54, 1.807) is 13.8 Å². The Bertz CT molecular complexity index is 777. The first-order valence-corrected chi connectivity index (χ1v) is 10.8. The number of amides is 1. The number of anilines is 1. The zero-order valence-corrected chi connectivity index (χ0v) is 16.0. The molecule has 0 bridgehead atoms. The molecule has 0 unspecified atom stereocenters. The van der Waals surface area contributed by atoms with Crippen molar-refractivity contribution in [3.05, 3.63) is 28.7 Å². The van der Waals surface area contributed by atoms with Gasteiger partial charge in [-0.3, -0.25) is 4.79 Å². The Labute approximate surface area is 148 Å². The van der Waals surface area contributed by atoms with Crippen molar-refractivity contribution in [3.63, 3.8) is 0 Å². The number of nitrogens with zero attached hydrogens (tertiary/aromatic N) is 2. The van der Waals surface area contributed by atoms with Crippen LogP contribution < -0.4 is 4.90 Å². The average Bonchev–Trinajstić information content (AvgIpc) is 2.89. The van der Waals surface area contributed by atoms with Crippen molar-refractivity contribution < 1.29 is 13.2 Å². The van der Waals surface area contributed by atoms with Crippen LogP contribution in [0.5, 0.6) is 0 Å². The van der Waals surface area contributed by atoms with Gasteiger partial charge in [-0.15, -0.1) is 0 Å². The molecule has 3 rings (SSSR count). The van der Waals surface area contributed by atoms with E-state index in [1.165, 1.54) is 11.8 Å². The average molecular weight is 417 g/mol. The summed E-state index contributed by atoms with van der Waals surface area (Å²) in [6.45, 7) is 3.61. The molecule has 1 aromatic carbocycles. The van der Waals surface area contributed by atoms with Gasteiger partial charge in [-0.2, -0.15) is 4.99 Å². The third kappa shape index (κ3) is 3.49. The third-order valence-corrected chi connectivity index (χ3v) is 7.56. The molecule has 1 amide bonds. The summed E-state index contributed by atoms with van der Waals surface area (Å²) < 4.78 is 24.8. The monoisotopic (exact) mass is 416 g/mol. The summed E-state index contributed by atoms with van der Waals surface area (Å²) in [6, 6.07) is 7.46. The Kier molecular flexibility index (Phi) is 4.59. The summed E-state index contributed by atoms with van der Waals surface area (Å²) in [4.78, 5) is 18.2. The SMILES string of the molecule is CC(C)C(=O)N=C1S[C@@H]2CS(=O)(=O)C[C@H]2N1c1cccc(Br)c1. The van der Waals surface area contributed by atoms with E-state index in [1.807, 2.05) is 29.2 Å². The maximum Gasteiger partial charge on any atom is 0.250 e. The molecular formula is C15H17BrN2O3S2. The molecule has 2 aliphatic rings. The Balaban J connectivity index is 2.02. The predicted molar refractivity (Wildman–Crippen MR) is 97.7 cm³/mol. The zero-order valence-electron chi connectivity index (χ0n) is 12.8. The summed E-state index contributed by atoms with van der Waals surface area (Å²) in [6.07, 6.45) is 0. The number of thioether (sulfide) groups is 1. The second kappa shape index (κ2) is 6.22. The van der Waals surface area contributed by atoms with Crippen LogP contribution in [0.3, 0.4) is 0 Å². The molecule has 0 saturated carbocycles. The number of hydrogen-bond donors (Lipinski definition) is 0. The molecule has 2 aliphatic heterocycles. The zero-order chi connectivity index (χ0) is 16.8. The lowest BCUT2D eigenvalue weighted by atomic mass is 10.2. The standard InChI is InChI=1S/C15H17BrN2O3S2/c1-9(2)14(19)17-15-18(11-5-3-4-10(16)6-11)12-7-23(20,21)8-13(12)22-15/h3-6,9,12-13H,7-8H2,1-2H3/t12-,13-/m1/s1. The van der Waals surface area contributed by atoms with Crippen LogP contribution in [0.4, 0.5) is 5.69 Å². The molecule has 8 heteroatoms. The second-order valence-electron chi connectivity index (χ2n) is 6.04. The Hall–Kier alpha value is -0.860. The first kappa shape index (κ1) is 17.0. The topological polar surface area (TPSA) is 66.8 Å². The number of benzene rings is 1. The molecule has 5 nitrogen and oxygen atoms in total. The molecule has 2 fully saturated rings. The summed E-state index contributed by atoms with van der Waals surface area (Å²) >= 11 is 4.84. The maximum absolute atomic E-state index is 12.0. The molecule has 2 atom stereocenters. The van der Waals surface area contributed by atoms with Crippen LogP contribution in [0, 0.1) is 5.92 Å². The van der Waals surface area contributed by atoms with Gasteiger partial charge in [0.1, 0.15) is 0 Å². The highest BCUT2D eigenvalue weighted by Gasteiger charge is 2.49. The summed E-state index contributed by atoms with van der Waals surface area (Å²) in [5.41, 5.74) is 0.854. The number of amidine groups is 1. The van der Waals surface area contributed by atoms with Gasteiger partial charge in [0.2, 0.25) is 0 Å². The molecule has 1 aromatic rings. The van der Waals surface area contributed by atoms with Crippen LogP contribution in [0.1, 0.15) is 13.8 Å². The minimum Gasteiger partial charge on any atom is -0.316 e. The normalized spacial score (nSPS) is 27.7. The number of carbonyl (C=O) groups is 1. The van der Waals surface area contributed by atoms with Gasteiger partial charge in [-0.25, -0.2) is 8.42 Å². The van der Waals surface area contributed by atoms with Gasteiger partial charge in [0, 0.05) is 21.3 Å². The molecule has 0 radical (unpaired) electrons. The number of hydrogen-bond acceptors (Lipinski definition) is 4. The lowest BCUT2D eigenvalue weighted by Gasteiger charge is -2.24. The van der Waals surface area contributed by atoms with Crippen LogP contribution >= 0.6 is 27.7 Å². The van der Waals surface area contributed by atoms with Crippen LogP contribution in [0.2, 0.25) is 0 Å². The van der Waals surface area contributed by atoms with Crippen molar-refractivity contribution in [2.75, 3.05) is 16.4 Å². The Morgan fingerprint density at radius 2 is 2.13 bits per heavy atom. The maximum atomic E-state index is 12.0. The molecular weight excluding hydrogens is 400 g/mol. The van der Waals surface area contributed by atoms with E-state index in [2.05, 4.69) is 20.9 Å². The lowest BCUT2D eigenvalue weighted by Crippen LogP contribution is -2.37. The van der Waals surface area contributed by atoms with E-state index >= 15 is 0 Å². The van der Waals surface area contributed by atoms with Crippen LogP contribution in [-0.4, -0.2) is 42.3 Å². The van der Waals surface area contributed by atoms with Gasteiger partial charge in [-0.1, -0.05) is 47.6 Å². The van der Waals surface area contributed by atoms with Gasteiger partial charge in [0.05, 0.1) is 17.5 Å². The highest BCUT2D eigenvalue weighted by Crippen LogP contribution is 2.41. The molecule has 23 heavy (non-hydrogen) atoms. The number of fused-ring (bicyclic) bond motifs is 1. The fourth-order valence-electron chi connectivity index (χ4n) is 2.72. The van der Waals surface area contributed by atoms with Crippen molar-refractivity contribution in [2.45, 2.75) is 25.1 Å². The number of sulfone groups is 1. The van der Waals surface area contributed by atoms with E-state index in [0.717, 1.165) is 10.2 Å². The highest BCUT2D eigenvalue weighted by molar-refractivity contribution is 9.10. The van der Waals surface area contributed by atoms with Crippen molar-refractivity contribution in [1.29, 1.82) is 0 Å². The Morgan fingerprint density at radius 3 is 2.78 bits per heavy atom. The number of rotatable bonds is 2. The van der Waals surface area contributed by atoms with Gasteiger partial charge < -0.3 is 4.90 Å². The van der Waals surface area contributed by atoms with Crippen molar-refractivity contribution in [3.8, 4) is 0 Å². The molecule has 2 saturated heterocycles. The van der Waals surface area contributed by atoms with Crippen molar-refractivity contribution >= 4 is 54.3 Å². The molecule has 0 spiro atoms. The van der Waals surface area contributed by atoms with Gasteiger partial charge >= 0.3 is 0 Å². The third-order valence-electron chi connectivity index (χ3n) is 3.85. The first-order chi connectivity index (χ1) is 10.8. The number of carbonyl (C=O) groups excluding carboxylic acids is 1. The summed E-state index contributed by atoms with van der Waals surface area (Å²) in [5, 5.41) is 0.532. The number of aliphatic imine (C=N–C) groups is 1. The van der Waals surface area contributed by atoms with Crippen molar-refractivity contribution in [1.82, 2.24) is 0 Å². The second-order valence-corrected chi connectivity index (χ2v) is 10.3. The lowest BCUT2D eigenvalue weighted by molar-refractivity contribution is -0.120. The number of halogens is 1. The summed E-state index contributed by atoms with van der Waals surface area (Å²) in [7, 11) is -3.04. The van der Waals surface area contributed by atoms with Crippen molar-refractivity contribution in [2.24, 2.45) is 10.9 Å². The largest absolute Gasteiger partial charge is 0.316 e. The van der Waals surface area contributed by atoms with Gasteiger partial charge in [0.25, 0.3) is 5.91 Å². The van der Waals surface area contributed by atoms with Gasteiger partial charge in [0.15, 0.2) is 15.0 Å². The molecule has 0 N–H and O–H groups in total. The van der Waals surface area contributed by atoms with Crippen LogP contribution in [0.25, 0.3) is 0 Å². The molecule has 0 aliphatic carbocycles. The molecule has 0 aromatic heterocycles. The van der Waals surface area contributed by atoms with E-state index < -0.39 is 9.84 Å². The van der Waals surface area contributed by atoms with E-state index in [-0.39, 0.29) is 34.6 Å². The fourth-order valence-corrected chi connectivity index (χ4v) is 7.02. The fraction of sp³-hybridized carbons (Fsp3) is 0.467. The molecule has 124 valence electrons. The van der Waals surface area contributed by atoms with Gasteiger partial charge in [-0.05, 0) is 18.2 Å². The van der Waals surface area contributed by atoms with E-state index in [4.69, 9.17) is 0 Å². The predicted octanol–water partition coefficient (Wildman–Crippen LogP) is 2.71. The van der Waals surface area contributed by atoms with E-state index in [9.17, 15) is 13.2 Å².